The SMILES string of the molecule is C=Cc1c(C)cc(C)c2ccccc12. The zero-order valence-corrected chi connectivity index (χ0v) is 8.67. The first-order valence-corrected chi connectivity index (χ1v) is 4.85. The van der Waals surface area contributed by atoms with E-state index in [-0.39, 0.29) is 0 Å². The number of fused-ring (bicyclic) bond motifs is 1. The van der Waals surface area contributed by atoms with Crippen molar-refractivity contribution >= 4 is 16.8 Å². The fraction of sp³-hybridized carbons (Fsp3) is 0.143. The van der Waals surface area contributed by atoms with E-state index in [4.69, 9.17) is 0 Å². The molecule has 0 bridgehead atoms. The largest absolute Gasteiger partial charge is 0.0984 e. The van der Waals surface area contributed by atoms with Gasteiger partial charge in [-0.1, -0.05) is 43.0 Å². The Morgan fingerprint density at radius 2 is 1.64 bits per heavy atom. The van der Waals surface area contributed by atoms with E-state index in [0.717, 1.165) is 0 Å². The Kier molecular flexibility index (Phi) is 2.12. The van der Waals surface area contributed by atoms with E-state index in [1.807, 2.05) is 6.08 Å². The Hall–Kier alpha value is -1.56. The molecule has 0 nitrogen and oxygen atoms in total. The molecule has 0 spiro atoms. The number of hydrogen-bond donors (Lipinski definition) is 0. The van der Waals surface area contributed by atoms with Crippen LogP contribution in [-0.4, -0.2) is 0 Å². The molecular formula is C14H14. The van der Waals surface area contributed by atoms with E-state index in [9.17, 15) is 0 Å². The molecule has 14 heavy (non-hydrogen) atoms. The third-order valence-electron chi connectivity index (χ3n) is 2.70. The molecule has 2 aromatic rings. The van der Waals surface area contributed by atoms with Gasteiger partial charge < -0.3 is 0 Å². The maximum absolute atomic E-state index is 3.87. The lowest BCUT2D eigenvalue weighted by atomic mass is 9.96. The highest BCUT2D eigenvalue weighted by Crippen LogP contribution is 2.26. The lowest BCUT2D eigenvalue weighted by Crippen LogP contribution is -1.87. The van der Waals surface area contributed by atoms with Crippen LogP contribution in [0, 0.1) is 13.8 Å². The van der Waals surface area contributed by atoms with Gasteiger partial charge in [0.2, 0.25) is 0 Å². The van der Waals surface area contributed by atoms with Crippen LogP contribution in [0.15, 0.2) is 36.9 Å². The highest BCUT2D eigenvalue weighted by molar-refractivity contribution is 5.93. The average molecular weight is 182 g/mol. The minimum absolute atomic E-state index is 1.26. The highest BCUT2D eigenvalue weighted by atomic mass is 14.1. The third kappa shape index (κ3) is 1.24. The van der Waals surface area contributed by atoms with Gasteiger partial charge in [0.15, 0.2) is 0 Å². The van der Waals surface area contributed by atoms with Crippen LogP contribution in [0.2, 0.25) is 0 Å². The Balaban J connectivity index is 2.97. The number of rotatable bonds is 1. The molecule has 2 rings (SSSR count). The fourth-order valence-electron chi connectivity index (χ4n) is 2.03. The fourth-order valence-corrected chi connectivity index (χ4v) is 2.03. The zero-order valence-electron chi connectivity index (χ0n) is 8.67. The molecule has 2 aromatic carbocycles. The summed E-state index contributed by atoms with van der Waals surface area (Å²) in [4.78, 5) is 0. The molecule has 0 aliphatic heterocycles. The summed E-state index contributed by atoms with van der Waals surface area (Å²) in [5.74, 6) is 0. The quantitative estimate of drug-likeness (QED) is 0.623. The Morgan fingerprint density at radius 1 is 1.00 bits per heavy atom. The molecule has 0 N–H and O–H groups in total. The molecular weight excluding hydrogens is 168 g/mol. The van der Waals surface area contributed by atoms with Gasteiger partial charge in [0.25, 0.3) is 0 Å². The maximum atomic E-state index is 3.87. The Labute approximate surface area is 84.9 Å². The molecule has 0 atom stereocenters. The van der Waals surface area contributed by atoms with Crippen LogP contribution in [0.4, 0.5) is 0 Å². The number of aryl methyl sites for hydroxylation is 2. The predicted molar refractivity (Wildman–Crippen MR) is 63.5 cm³/mol. The molecule has 70 valence electrons. The van der Waals surface area contributed by atoms with Crippen LogP contribution >= 0.6 is 0 Å². The van der Waals surface area contributed by atoms with Crippen LogP contribution in [-0.2, 0) is 0 Å². The van der Waals surface area contributed by atoms with Crippen LogP contribution < -0.4 is 0 Å². The molecule has 0 heteroatoms. The molecule has 0 saturated carbocycles. The molecule has 0 saturated heterocycles. The van der Waals surface area contributed by atoms with E-state index in [0.29, 0.717) is 0 Å². The van der Waals surface area contributed by atoms with Gasteiger partial charge in [-0.3, -0.25) is 0 Å². The first-order chi connectivity index (χ1) is 6.74. The first-order valence-electron chi connectivity index (χ1n) is 4.85. The Morgan fingerprint density at radius 3 is 2.29 bits per heavy atom. The van der Waals surface area contributed by atoms with Crippen LogP contribution in [0.5, 0.6) is 0 Å². The van der Waals surface area contributed by atoms with Crippen molar-refractivity contribution < 1.29 is 0 Å². The van der Waals surface area contributed by atoms with Crippen LogP contribution in [0.1, 0.15) is 16.7 Å². The van der Waals surface area contributed by atoms with Gasteiger partial charge in [-0.05, 0) is 41.3 Å². The summed E-state index contributed by atoms with van der Waals surface area (Å²) < 4.78 is 0. The van der Waals surface area contributed by atoms with E-state index in [1.165, 1.54) is 27.5 Å². The van der Waals surface area contributed by atoms with Crippen molar-refractivity contribution in [3.05, 3.63) is 53.6 Å². The molecule has 0 unspecified atom stereocenters. The summed E-state index contributed by atoms with van der Waals surface area (Å²) >= 11 is 0. The maximum Gasteiger partial charge on any atom is -0.0106 e. The second-order valence-corrected chi connectivity index (χ2v) is 3.67. The predicted octanol–water partition coefficient (Wildman–Crippen LogP) is 4.10. The van der Waals surface area contributed by atoms with Gasteiger partial charge in [0, 0.05) is 0 Å². The molecule has 0 fully saturated rings. The standard InChI is InChI=1S/C14H14/c1-4-12-10(2)9-11(3)13-7-5-6-8-14(12)13/h4-9H,1H2,2-3H3. The highest BCUT2D eigenvalue weighted by Gasteiger charge is 2.03. The Bertz CT molecular complexity index is 493. The van der Waals surface area contributed by atoms with Gasteiger partial charge >= 0.3 is 0 Å². The monoisotopic (exact) mass is 182 g/mol. The van der Waals surface area contributed by atoms with E-state index >= 15 is 0 Å². The van der Waals surface area contributed by atoms with Gasteiger partial charge in [0.1, 0.15) is 0 Å². The van der Waals surface area contributed by atoms with Crippen molar-refractivity contribution in [1.29, 1.82) is 0 Å². The normalized spacial score (nSPS) is 10.4. The number of benzene rings is 2. The van der Waals surface area contributed by atoms with E-state index in [2.05, 4.69) is 50.8 Å². The lowest BCUT2D eigenvalue weighted by Gasteiger charge is -2.09. The molecule has 0 aliphatic carbocycles. The van der Waals surface area contributed by atoms with Gasteiger partial charge in [-0.15, -0.1) is 0 Å². The average Bonchev–Trinajstić information content (AvgIpc) is 2.18. The van der Waals surface area contributed by atoms with Crippen LogP contribution in [0.25, 0.3) is 16.8 Å². The summed E-state index contributed by atoms with van der Waals surface area (Å²) in [6, 6.07) is 10.7. The van der Waals surface area contributed by atoms with Gasteiger partial charge in [-0.2, -0.15) is 0 Å². The lowest BCUT2D eigenvalue weighted by molar-refractivity contribution is 1.41. The third-order valence-corrected chi connectivity index (χ3v) is 2.70. The summed E-state index contributed by atoms with van der Waals surface area (Å²) in [6.07, 6.45) is 1.94. The smallest absolute Gasteiger partial charge is 0.0106 e. The minimum atomic E-state index is 1.26. The van der Waals surface area contributed by atoms with Crippen molar-refractivity contribution in [3.8, 4) is 0 Å². The van der Waals surface area contributed by atoms with Crippen molar-refractivity contribution in [1.82, 2.24) is 0 Å². The minimum Gasteiger partial charge on any atom is -0.0984 e. The zero-order chi connectivity index (χ0) is 10.1. The molecule has 0 amide bonds. The van der Waals surface area contributed by atoms with Gasteiger partial charge in [0.05, 0.1) is 0 Å². The van der Waals surface area contributed by atoms with Gasteiger partial charge in [-0.25, -0.2) is 0 Å². The molecule has 0 aromatic heterocycles. The number of hydrogen-bond acceptors (Lipinski definition) is 0. The first kappa shape index (κ1) is 9.01. The van der Waals surface area contributed by atoms with E-state index < -0.39 is 0 Å². The van der Waals surface area contributed by atoms with Crippen LogP contribution in [0.3, 0.4) is 0 Å². The van der Waals surface area contributed by atoms with Crippen molar-refractivity contribution in [2.75, 3.05) is 0 Å². The second kappa shape index (κ2) is 3.30. The van der Waals surface area contributed by atoms with Crippen molar-refractivity contribution in [3.63, 3.8) is 0 Å². The van der Waals surface area contributed by atoms with Crippen molar-refractivity contribution in [2.45, 2.75) is 13.8 Å². The topological polar surface area (TPSA) is 0 Å². The van der Waals surface area contributed by atoms with E-state index in [1.54, 1.807) is 0 Å². The molecule has 0 radical (unpaired) electrons. The molecule has 0 heterocycles. The second-order valence-electron chi connectivity index (χ2n) is 3.67. The summed E-state index contributed by atoms with van der Waals surface area (Å²) in [6.45, 7) is 8.16. The summed E-state index contributed by atoms with van der Waals surface area (Å²) in [5.41, 5.74) is 3.89. The summed E-state index contributed by atoms with van der Waals surface area (Å²) in [7, 11) is 0. The van der Waals surface area contributed by atoms with Crippen molar-refractivity contribution in [2.24, 2.45) is 0 Å². The summed E-state index contributed by atoms with van der Waals surface area (Å²) in [5, 5.41) is 2.63. The molecule has 0 aliphatic rings.